The molecule has 0 radical (unpaired) electrons. The molecule has 0 spiro atoms. The van der Waals surface area contributed by atoms with Crippen LogP contribution in [-0.4, -0.2) is 32.3 Å². The Morgan fingerprint density at radius 2 is 1.96 bits per heavy atom. The van der Waals surface area contributed by atoms with Crippen molar-refractivity contribution in [2.75, 3.05) is 6.54 Å². The standard InChI is InChI=1S/C19H18N4O/c24-19(13-9-20-18(21-10-13)12-5-6-12)23-8-7-17-15(11-23)14-3-1-2-4-16(14)22-17/h1-4,9-10,12,22H,5-8,11H2. The Morgan fingerprint density at radius 1 is 1.17 bits per heavy atom. The fraction of sp³-hybridized carbons (Fsp3) is 0.316. The van der Waals surface area contributed by atoms with Crippen LogP contribution in [0.25, 0.3) is 10.9 Å². The molecule has 1 saturated carbocycles. The monoisotopic (exact) mass is 318 g/mol. The molecule has 2 aliphatic rings. The summed E-state index contributed by atoms with van der Waals surface area (Å²) in [6, 6.07) is 8.28. The maximum Gasteiger partial charge on any atom is 0.257 e. The molecule has 24 heavy (non-hydrogen) atoms. The van der Waals surface area contributed by atoms with E-state index in [0.29, 0.717) is 18.0 Å². The first-order valence-corrected chi connectivity index (χ1v) is 8.49. The Labute approximate surface area is 139 Å². The van der Waals surface area contributed by atoms with E-state index in [1.54, 1.807) is 12.4 Å². The highest BCUT2D eigenvalue weighted by Crippen LogP contribution is 2.37. The number of amides is 1. The Bertz CT molecular complexity index is 924. The molecule has 5 rings (SSSR count). The number of rotatable bonds is 2. The molecule has 1 aromatic carbocycles. The molecule has 5 nitrogen and oxygen atoms in total. The number of carbonyl (C=O) groups is 1. The van der Waals surface area contributed by atoms with E-state index in [-0.39, 0.29) is 5.91 Å². The van der Waals surface area contributed by atoms with Crippen LogP contribution < -0.4 is 0 Å². The van der Waals surface area contributed by atoms with E-state index >= 15 is 0 Å². The number of hydrogen-bond acceptors (Lipinski definition) is 3. The van der Waals surface area contributed by atoms with Crippen molar-refractivity contribution in [3.8, 4) is 0 Å². The molecule has 1 fully saturated rings. The van der Waals surface area contributed by atoms with E-state index in [1.165, 1.54) is 29.5 Å². The zero-order valence-corrected chi connectivity index (χ0v) is 13.3. The minimum absolute atomic E-state index is 0.0216. The number of carbonyl (C=O) groups excluding carboxylic acids is 1. The van der Waals surface area contributed by atoms with Crippen LogP contribution in [0.1, 0.15) is 46.2 Å². The third-order valence-corrected chi connectivity index (χ3v) is 5.03. The summed E-state index contributed by atoms with van der Waals surface area (Å²) in [6.07, 6.45) is 6.57. The van der Waals surface area contributed by atoms with Crippen LogP contribution in [0, 0.1) is 0 Å². The van der Waals surface area contributed by atoms with Crippen LogP contribution in [0.5, 0.6) is 0 Å². The number of aromatic amines is 1. The highest BCUT2D eigenvalue weighted by Gasteiger charge is 2.28. The fourth-order valence-electron chi connectivity index (χ4n) is 3.52. The van der Waals surface area contributed by atoms with Crippen molar-refractivity contribution in [3.63, 3.8) is 0 Å². The molecule has 120 valence electrons. The summed E-state index contributed by atoms with van der Waals surface area (Å²) < 4.78 is 0. The summed E-state index contributed by atoms with van der Waals surface area (Å²) in [5, 5.41) is 1.21. The lowest BCUT2D eigenvalue weighted by Gasteiger charge is -2.27. The van der Waals surface area contributed by atoms with Gasteiger partial charge in [-0.2, -0.15) is 0 Å². The van der Waals surface area contributed by atoms with E-state index < -0.39 is 0 Å². The first-order valence-electron chi connectivity index (χ1n) is 8.49. The van der Waals surface area contributed by atoms with Crippen molar-refractivity contribution >= 4 is 16.8 Å². The second-order valence-corrected chi connectivity index (χ2v) is 6.71. The predicted molar refractivity (Wildman–Crippen MR) is 90.8 cm³/mol. The summed E-state index contributed by atoms with van der Waals surface area (Å²) in [4.78, 5) is 26.9. The van der Waals surface area contributed by atoms with E-state index in [2.05, 4.69) is 27.1 Å². The number of benzene rings is 1. The van der Waals surface area contributed by atoms with Gasteiger partial charge in [-0.15, -0.1) is 0 Å². The van der Waals surface area contributed by atoms with Crippen molar-refractivity contribution < 1.29 is 4.79 Å². The average Bonchev–Trinajstić information content (AvgIpc) is 3.42. The van der Waals surface area contributed by atoms with Gasteiger partial charge in [0.25, 0.3) is 5.91 Å². The summed E-state index contributed by atoms with van der Waals surface area (Å²) in [5.74, 6) is 1.41. The molecule has 0 atom stereocenters. The van der Waals surface area contributed by atoms with Crippen LogP contribution in [-0.2, 0) is 13.0 Å². The number of nitrogens with zero attached hydrogens (tertiary/aromatic N) is 3. The lowest BCUT2D eigenvalue weighted by atomic mass is 10.0. The van der Waals surface area contributed by atoms with Crippen LogP contribution >= 0.6 is 0 Å². The lowest BCUT2D eigenvalue weighted by Crippen LogP contribution is -2.36. The van der Waals surface area contributed by atoms with Gasteiger partial charge >= 0.3 is 0 Å². The quantitative estimate of drug-likeness (QED) is 0.790. The minimum atomic E-state index is 0.0216. The molecular weight excluding hydrogens is 300 g/mol. The molecule has 1 aliphatic carbocycles. The molecule has 1 amide bonds. The van der Waals surface area contributed by atoms with Gasteiger partial charge in [0.1, 0.15) is 5.82 Å². The van der Waals surface area contributed by atoms with Gasteiger partial charge in [0.2, 0.25) is 0 Å². The Balaban J connectivity index is 1.42. The zero-order chi connectivity index (χ0) is 16.1. The Kier molecular flexibility index (Phi) is 2.95. The predicted octanol–water partition coefficient (Wildman–Crippen LogP) is 3.03. The molecule has 0 unspecified atom stereocenters. The second-order valence-electron chi connectivity index (χ2n) is 6.71. The molecule has 1 aliphatic heterocycles. The minimum Gasteiger partial charge on any atom is -0.358 e. The molecular formula is C19H18N4O. The van der Waals surface area contributed by atoms with Gasteiger partial charge in [0.15, 0.2) is 0 Å². The zero-order valence-electron chi connectivity index (χ0n) is 13.3. The van der Waals surface area contributed by atoms with Gasteiger partial charge in [-0.1, -0.05) is 18.2 Å². The van der Waals surface area contributed by atoms with Crippen LogP contribution in [0.15, 0.2) is 36.7 Å². The van der Waals surface area contributed by atoms with Crippen molar-refractivity contribution in [1.82, 2.24) is 19.9 Å². The normalized spacial score (nSPS) is 17.1. The van der Waals surface area contributed by atoms with Crippen molar-refractivity contribution in [2.24, 2.45) is 0 Å². The molecule has 1 N–H and O–H groups in total. The van der Waals surface area contributed by atoms with E-state index in [9.17, 15) is 4.79 Å². The van der Waals surface area contributed by atoms with Crippen LogP contribution in [0.4, 0.5) is 0 Å². The highest BCUT2D eigenvalue weighted by atomic mass is 16.2. The van der Waals surface area contributed by atoms with Crippen LogP contribution in [0.2, 0.25) is 0 Å². The molecule has 0 saturated heterocycles. The molecule has 2 aromatic heterocycles. The maximum absolute atomic E-state index is 12.8. The van der Waals surface area contributed by atoms with E-state index in [4.69, 9.17) is 0 Å². The van der Waals surface area contributed by atoms with Gasteiger partial charge in [-0.25, -0.2) is 9.97 Å². The lowest BCUT2D eigenvalue weighted by molar-refractivity contribution is 0.0734. The van der Waals surface area contributed by atoms with Crippen molar-refractivity contribution in [3.05, 3.63) is 59.3 Å². The number of aromatic nitrogens is 3. The summed E-state index contributed by atoms with van der Waals surface area (Å²) in [6.45, 7) is 1.37. The molecule has 3 aromatic rings. The number of nitrogens with one attached hydrogen (secondary N) is 1. The third-order valence-electron chi connectivity index (χ3n) is 5.03. The van der Waals surface area contributed by atoms with Gasteiger partial charge in [0.05, 0.1) is 5.56 Å². The molecule has 3 heterocycles. The average molecular weight is 318 g/mol. The fourth-order valence-corrected chi connectivity index (χ4v) is 3.52. The molecule has 5 heteroatoms. The van der Waals surface area contributed by atoms with Crippen molar-refractivity contribution in [2.45, 2.75) is 31.7 Å². The second kappa shape index (κ2) is 5.16. The summed E-state index contributed by atoms with van der Waals surface area (Å²) in [5.41, 5.74) is 4.22. The van der Waals surface area contributed by atoms with Crippen LogP contribution in [0.3, 0.4) is 0 Å². The third kappa shape index (κ3) is 2.19. The SMILES string of the molecule is O=C(c1cnc(C2CC2)nc1)N1CCc2[nH]c3ccccc3c2C1. The molecule has 0 bridgehead atoms. The largest absolute Gasteiger partial charge is 0.358 e. The number of para-hydroxylation sites is 1. The van der Waals surface area contributed by atoms with Gasteiger partial charge in [-0.3, -0.25) is 4.79 Å². The summed E-state index contributed by atoms with van der Waals surface area (Å²) in [7, 11) is 0. The Morgan fingerprint density at radius 3 is 2.75 bits per heavy atom. The van der Waals surface area contributed by atoms with Gasteiger partial charge < -0.3 is 9.88 Å². The number of hydrogen-bond donors (Lipinski definition) is 1. The highest BCUT2D eigenvalue weighted by molar-refractivity contribution is 5.94. The first kappa shape index (κ1) is 13.7. The van der Waals surface area contributed by atoms with E-state index in [0.717, 1.165) is 24.3 Å². The Hall–Kier alpha value is -2.69. The van der Waals surface area contributed by atoms with Gasteiger partial charge in [-0.05, 0) is 18.9 Å². The smallest absolute Gasteiger partial charge is 0.257 e. The van der Waals surface area contributed by atoms with Gasteiger partial charge in [0, 0.05) is 60.0 Å². The maximum atomic E-state index is 12.8. The van der Waals surface area contributed by atoms with Crippen molar-refractivity contribution in [1.29, 1.82) is 0 Å². The number of H-pyrrole nitrogens is 1. The van der Waals surface area contributed by atoms with E-state index in [1.807, 2.05) is 17.0 Å². The topological polar surface area (TPSA) is 61.9 Å². The number of fused-ring (bicyclic) bond motifs is 3. The first-order chi connectivity index (χ1) is 11.8. The summed E-state index contributed by atoms with van der Waals surface area (Å²) >= 11 is 0.